The van der Waals surface area contributed by atoms with Crippen LogP contribution in [0.3, 0.4) is 0 Å². The summed E-state index contributed by atoms with van der Waals surface area (Å²) in [7, 11) is 1.58. The molecule has 0 spiro atoms. The summed E-state index contributed by atoms with van der Waals surface area (Å²) in [5.74, 6) is 0.603. The first-order chi connectivity index (χ1) is 7.33. The molecule has 76 valence electrons. The van der Waals surface area contributed by atoms with Crippen LogP contribution in [0.15, 0.2) is 30.3 Å². The van der Waals surface area contributed by atoms with E-state index in [0.717, 1.165) is 16.7 Å². The van der Waals surface area contributed by atoms with Crippen LogP contribution in [0.25, 0.3) is 10.4 Å². The number of aromatic nitrogens is 1. The number of ether oxygens (including phenoxy) is 1. The third-order valence-corrected chi connectivity index (χ3v) is 2.83. The number of hydrogen-bond acceptors (Lipinski definition) is 4. The Morgan fingerprint density at radius 3 is 2.93 bits per heavy atom. The second kappa shape index (κ2) is 4.23. The average Bonchev–Trinajstić information content (AvgIpc) is 2.78. The molecule has 0 aliphatic rings. The molecule has 0 fully saturated rings. The monoisotopic (exact) mass is 219 g/mol. The summed E-state index contributed by atoms with van der Waals surface area (Å²) in [5, 5.41) is 0. The van der Waals surface area contributed by atoms with E-state index in [1.54, 1.807) is 13.2 Å². The van der Waals surface area contributed by atoms with Crippen LogP contribution in [0.4, 0.5) is 0 Å². The van der Waals surface area contributed by atoms with Crippen LogP contribution in [-0.2, 0) is 0 Å². The van der Waals surface area contributed by atoms with Crippen molar-refractivity contribution >= 4 is 17.8 Å². The number of rotatable bonds is 3. The lowest BCUT2D eigenvalue weighted by atomic mass is 10.1. The largest absolute Gasteiger partial charge is 0.480 e. The standard InChI is InChI=1S/C11H9NO2S/c1-14-11-6-10(15-12-11)9-4-2-3-8(5-9)7-13/h2-7H,1H3. The highest BCUT2D eigenvalue weighted by Crippen LogP contribution is 2.28. The van der Waals surface area contributed by atoms with Crippen molar-refractivity contribution in [3.8, 4) is 16.3 Å². The molecule has 3 nitrogen and oxygen atoms in total. The molecule has 4 heteroatoms. The van der Waals surface area contributed by atoms with Crippen LogP contribution >= 0.6 is 11.5 Å². The summed E-state index contributed by atoms with van der Waals surface area (Å²) in [6.07, 6.45) is 0.835. The smallest absolute Gasteiger partial charge is 0.225 e. The number of hydrogen-bond donors (Lipinski definition) is 0. The van der Waals surface area contributed by atoms with Crippen molar-refractivity contribution in [1.82, 2.24) is 4.37 Å². The Bertz CT molecular complexity index is 479. The maximum Gasteiger partial charge on any atom is 0.225 e. The molecule has 0 saturated heterocycles. The summed E-state index contributed by atoms with van der Waals surface area (Å²) in [6, 6.07) is 9.26. The number of carbonyl (C=O) groups is 1. The number of benzene rings is 1. The first kappa shape index (κ1) is 9.86. The van der Waals surface area contributed by atoms with Gasteiger partial charge in [-0.05, 0) is 23.2 Å². The van der Waals surface area contributed by atoms with Gasteiger partial charge in [0, 0.05) is 11.6 Å². The highest BCUT2D eigenvalue weighted by atomic mass is 32.1. The van der Waals surface area contributed by atoms with Crippen LogP contribution in [-0.4, -0.2) is 17.8 Å². The predicted molar refractivity (Wildman–Crippen MR) is 59.5 cm³/mol. The Morgan fingerprint density at radius 2 is 2.27 bits per heavy atom. The van der Waals surface area contributed by atoms with Crippen LogP contribution in [0.1, 0.15) is 10.4 Å². The van der Waals surface area contributed by atoms with E-state index in [-0.39, 0.29) is 0 Å². The van der Waals surface area contributed by atoms with Crippen molar-refractivity contribution in [3.05, 3.63) is 35.9 Å². The fourth-order valence-corrected chi connectivity index (χ4v) is 1.96. The van der Waals surface area contributed by atoms with Gasteiger partial charge in [-0.1, -0.05) is 18.2 Å². The molecule has 0 atom stereocenters. The van der Waals surface area contributed by atoms with E-state index in [9.17, 15) is 4.79 Å². The van der Waals surface area contributed by atoms with Crippen LogP contribution in [0.2, 0.25) is 0 Å². The first-order valence-corrected chi connectivity index (χ1v) is 5.17. The molecule has 0 unspecified atom stereocenters. The number of aldehydes is 1. The quantitative estimate of drug-likeness (QED) is 0.745. The summed E-state index contributed by atoms with van der Waals surface area (Å²) in [5.41, 5.74) is 1.65. The Balaban J connectivity index is 2.39. The van der Waals surface area contributed by atoms with Crippen molar-refractivity contribution in [1.29, 1.82) is 0 Å². The van der Waals surface area contributed by atoms with E-state index in [1.807, 2.05) is 24.3 Å². The topological polar surface area (TPSA) is 39.2 Å². The lowest BCUT2D eigenvalue weighted by molar-refractivity contribution is 0.112. The predicted octanol–water partition coefficient (Wildman–Crippen LogP) is 2.63. The summed E-state index contributed by atoms with van der Waals surface area (Å²) in [6.45, 7) is 0. The number of methoxy groups -OCH3 is 1. The van der Waals surface area contributed by atoms with Gasteiger partial charge in [0.2, 0.25) is 5.88 Å². The molecule has 0 aliphatic heterocycles. The Morgan fingerprint density at radius 1 is 1.40 bits per heavy atom. The van der Waals surface area contributed by atoms with E-state index in [4.69, 9.17) is 4.74 Å². The zero-order chi connectivity index (χ0) is 10.7. The Labute approximate surface area is 91.5 Å². The number of nitrogens with zero attached hydrogens (tertiary/aromatic N) is 1. The van der Waals surface area contributed by atoms with Gasteiger partial charge >= 0.3 is 0 Å². The molecule has 0 bridgehead atoms. The molecule has 0 amide bonds. The molecule has 2 aromatic rings. The zero-order valence-corrected chi connectivity index (χ0v) is 8.95. The molecule has 1 aromatic carbocycles. The van der Waals surface area contributed by atoms with E-state index in [0.29, 0.717) is 11.4 Å². The highest BCUT2D eigenvalue weighted by molar-refractivity contribution is 7.09. The van der Waals surface area contributed by atoms with E-state index in [2.05, 4.69) is 4.37 Å². The van der Waals surface area contributed by atoms with Crippen LogP contribution in [0, 0.1) is 0 Å². The van der Waals surface area contributed by atoms with E-state index >= 15 is 0 Å². The van der Waals surface area contributed by atoms with Gasteiger partial charge in [-0.2, -0.15) is 4.37 Å². The first-order valence-electron chi connectivity index (χ1n) is 4.40. The van der Waals surface area contributed by atoms with Crippen molar-refractivity contribution in [2.45, 2.75) is 0 Å². The molecule has 0 aliphatic carbocycles. The maximum absolute atomic E-state index is 10.6. The van der Waals surface area contributed by atoms with Crippen molar-refractivity contribution < 1.29 is 9.53 Å². The lowest BCUT2D eigenvalue weighted by Gasteiger charge is -1.96. The molecule has 1 aromatic heterocycles. The Kier molecular flexibility index (Phi) is 2.78. The van der Waals surface area contributed by atoms with Crippen LogP contribution < -0.4 is 4.74 Å². The Hall–Kier alpha value is -1.68. The lowest BCUT2D eigenvalue weighted by Crippen LogP contribution is -1.80. The molecule has 2 rings (SSSR count). The minimum absolute atomic E-state index is 0.603. The fourth-order valence-electron chi connectivity index (χ4n) is 1.26. The van der Waals surface area contributed by atoms with Gasteiger partial charge < -0.3 is 4.74 Å². The van der Waals surface area contributed by atoms with Crippen LogP contribution in [0.5, 0.6) is 5.88 Å². The van der Waals surface area contributed by atoms with Gasteiger partial charge in [0.05, 0.1) is 12.0 Å². The average molecular weight is 219 g/mol. The van der Waals surface area contributed by atoms with Crippen molar-refractivity contribution in [3.63, 3.8) is 0 Å². The highest BCUT2D eigenvalue weighted by Gasteiger charge is 2.04. The fraction of sp³-hybridized carbons (Fsp3) is 0.0909. The normalized spacial score (nSPS) is 9.93. The second-order valence-electron chi connectivity index (χ2n) is 2.98. The van der Waals surface area contributed by atoms with Crippen molar-refractivity contribution in [2.75, 3.05) is 7.11 Å². The maximum atomic E-state index is 10.6. The number of carbonyl (C=O) groups excluding carboxylic acids is 1. The molecule has 1 heterocycles. The summed E-state index contributed by atoms with van der Waals surface area (Å²) in [4.78, 5) is 11.6. The van der Waals surface area contributed by atoms with Gasteiger partial charge in [0.25, 0.3) is 0 Å². The van der Waals surface area contributed by atoms with E-state index < -0.39 is 0 Å². The molecule has 0 radical (unpaired) electrons. The second-order valence-corrected chi connectivity index (χ2v) is 3.78. The third kappa shape index (κ3) is 2.05. The molecular weight excluding hydrogens is 210 g/mol. The molecule has 15 heavy (non-hydrogen) atoms. The van der Waals surface area contributed by atoms with Gasteiger partial charge in [-0.15, -0.1) is 0 Å². The van der Waals surface area contributed by atoms with Gasteiger partial charge in [-0.25, -0.2) is 0 Å². The third-order valence-electron chi connectivity index (χ3n) is 2.00. The SMILES string of the molecule is COc1cc(-c2cccc(C=O)c2)sn1. The van der Waals surface area contributed by atoms with Crippen molar-refractivity contribution in [2.24, 2.45) is 0 Å². The molecule has 0 saturated carbocycles. The minimum Gasteiger partial charge on any atom is -0.480 e. The van der Waals surface area contributed by atoms with Gasteiger partial charge in [0.15, 0.2) is 0 Å². The minimum atomic E-state index is 0.603. The van der Waals surface area contributed by atoms with E-state index in [1.165, 1.54) is 11.5 Å². The summed E-state index contributed by atoms with van der Waals surface area (Å²) < 4.78 is 9.10. The molecular formula is C11H9NO2S. The van der Waals surface area contributed by atoms with Gasteiger partial charge in [-0.3, -0.25) is 4.79 Å². The molecule has 0 N–H and O–H groups in total. The van der Waals surface area contributed by atoms with Gasteiger partial charge in [0.1, 0.15) is 6.29 Å². The summed E-state index contributed by atoms with van der Waals surface area (Å²) >= 11 is 1.36. The zero-order valence-electron chi connectivity index (χ0n) is 8.14.